The summed E-state index contributed by atoms with van der Waals surface area (Å²) in [6.07, 6.45) is 0.348. The van der Waals surface area contributed by atoms with Gasteiger partial charge >= 0.3 is 0 Å². The molecular formula is C24H20O. The molecule has 1 nitrogen and oxygen atoms in total. The van der Waals surface area contributed by atoms with Crippen molar-refractivity contribution in [3.8, 4) is 11.8 Å². The molecule has 3 aromatic rings. The van der Waals surface area contributed by atoms with E-state index in [1.807, 2.05) is 66.7 Å². The molecule has 0 aromatic heterocycles. The lowest BCUT2D eigenvalue weighted by Crippen LogP contribution is -2.28. The largest absolute Gasteiger partial charge is 0.300 e. The Balaban J connectivity index is 2.22. The monoisotopic (exact) mass is 324 g/mol. The van der Waals surface area contributed by atoms with Gasteiger partial charge < -0.3 is 0 Å². The summed E-state index contributed by atoms with van der Waals surface area (Å²) in [7, 11) is 0. The third-order valence-electron chi connectivity index (χ3n) is 4.24. The van der Waals surface area contributed by atoms with Gasteiger partial charge in [-0.2, -0.15) is 0 Å². The van der Waals surface area contributed by atoms with E-state index in [-0.39, 0.29) is 5.78 Å². The van der Waals surface area contributed by atoms with E-state index in [1.165, 1.54) is 0 Å². The van der Waals surface area contributed by atoms with Gasteiger partial charge in [-0.3, -0.25) is 4.79 Å². The first kappa shape index (κ1) is 16.7. The van der Waals surface area contributed by atoms with E-state index < -0.39 is 5.41 Å². The van der Waals surface area contributed by atoms with Crippen molar-refractivity contribution in [1.82, 2.24) is 0 Å². The Morgan fingerprint density at radius 3 is 1.64 bits per heavy atom. The third kappa shape index (κ3) is 3.87. The van der Waals surface area contributed by atoms with Crippen LogP contribution in [0.5, 0.6) is 0 Å². The minimum Gasteiger partial charge on any atom is -0.300 e. The minimum atomic E-state index is -0.649. The maximum absolute atomic E-state index is 12.1. The highest BCUT2D eigenvalue weighted by atomic mass is 16.1. The van der Waals surface area contributed by atoms with Crippen LogP contribution in [-0.4, -0.2) is 5.78 Å². The summed E-state index contributed by atoms with van der Waals surface area (Å²) in [5.41, 5.74) is 2.38. The van der Waals surface area contributed by atoms with Crippen LogP contribution in [0, 0.1) is 11.8 Å². The maximum Gasteiger partial charge on any atom is 0.132 e. The van der Waals surface area contributed by atoms with Crippen LogP contribution in [0.1, 0.15) is 30.0 Å². The number of hydrogen-bond acceptors (Lipinski definition) is 1. The average molecular weight is 324 g/mol. The standard InChI is InChI=1S/C24H20O/c1-20(25)19-24(22-13-7-3-8-14-22,23-15-9-4-10-16-23)18-17-21-11-5-2-6-12-21/h2-16H,19H2,1H3. The van der Waals surface area contributed by atoms with Gasteiger partial charge in [0.1, 0.15) is 5.78 Å². The van der Waals surface area contributed by atoms with Gasteiger partial charge in [0.05, 0.1) is 5.41 Å². The van der Waals surface area contributed by atoms with Gasteiger partial charge in [-0.1, -0.05) is 90.7 Å². The Kier molecular flexibility index (Phi) is 5.11. The van der Waals surface area contributed by atoms with E-state index in [1.54, 1.807) is 6.92 Å². The van der Waals surface area contributed by atoms with Crippen LogP contribution in [0.4, 0.5) is 0 Å². The van der Waals surface area contributed by atoms with E-state index in [2.05, 4.69) is 36.1 Å². The van der Waals surface area contributed by atoms with Gasteiger partial charge in [-0.05, 0) is 30.2 Å². The van der Waals surface area contributed by atoms with Gasteiger partial charge in [0.15, 0.2) is 0 Å². The lowest BCUT2D eigenvalue weighted by atomic mass is 9.71. The van der Waals surface area contributed by atoms with Crippen LogP contribution in [0.3, 0.4) is 0 Å². The Bertz CT molecular complexity index is 845. The molecule has 0 radical (unpaired) electrons. The van der Waals surface area contributed by atoms with Crippen molar-refractivity contribution < 1.29 is 4.79 Å². The minimum absolute atomic E-state index is 0.120. The Morgan fingerprint density at radius 2 is 1.20 bits per heavy atom. The summed E-state index contributed by atoms with van der Waals surface area (Å²) in [5, 5.41) is 0. The maximum atomic E-state index is 12.1. The molecule has 0 aliphatic heterocycles. The van der Waals surface area contributed by atoms with Crippen molar-refractivity contribution in [3.05, 3.63) is 108 Å². The molecule has 0 fully saturated rings. The van der Waals surface area contributed by atoms with Crippen molar-refractivity contribution in [2.24, 2.45) is 0 Å². The van der Waals surface area contributed by atoms with E-state index in [4.69, 9.17) is 0 Å². The number of rotatable bonds is 4. The second kappa shape index (κ2) is 7.64. The Labute approximate surface area is 149 Å². The molecule has 1 heteroatoms. The van der Waals surface area contributed by atoms with Gasteiger partial charge in [0, 0.05) is 12.0 Å². The molecule has 3 rings (SSSR count). The smallest absolute Gasteiger partial charge is 0.132 e. The lowest BCUT2D eigenvalue weighted by Gasteiger charge is -2.29. The zero-order valence-electron chi connectivity index (χ0n) is 14.3. The normalized spacial score (nSPS) is 10.6. The summed E-state index contributed by atoms with van der Waals surface area (Å²) in [5.74, 6) is 6.85. The zero-order chi connectivity index (χ0) is 17.5. The molecule has 0 bridgehead atoms. The lowest BCUT2D eigenvalue weighted by molar-refractivity contribution is -0.117. The highest BCUT2D eigenvalue weighted by molar-refractivity contribution is 5.79. The van der Waals surface area contributed by atoms with Crippen molar-refractivity contribution in [1.29, 1.82) is 0 Å². The molecule has 0 atom stereocenters. The highest BCUT2D eigenvalue weighted by Crippen LogP contribution is 2.35. The number of carbonyl (C=O) groups excluding carboxylic acids is 1. The van der Waals surface area contributed by atoms with Crippen molar-refractivity contribution >= 4 is 5.78 Å². The molecule has 0 N–H and O–H groups in total. The van der Waals surface area contributed by atoms with Crippen LogP contribution in [0.2, 0.25) is 0 Å². The fraction of sp³-hybridized carbons (Fsp3) is 0.125. The molecule has 0 saturated heterocycles. The second-order valence-corrected chi connectivity index (χ2v) is 6.13. The molecular weight excluding hydrogens is 304 g/mol. The van der Waals surface area contributed by atoms with Gasteiger partial charge in [0.25, 0.3) is 0 Å². The van der Waals surface area contributed by atoms with E-state index >= 15 is 0 Å². The topological polar surface area (TPSA) is 17.1 Å². The molecule has 0 heterocycles. The molecule has 25 heavy (non-hydrogen) atoms. The van der Waals surface area contributed by atoms with Crippen molar-refractivity contribution in [3.63, 3.8) is 0 Å². The molecule has 0 saturated carbocycles. The quantitative estimate of drug-likeness (QED) is 0.617. The summed E-state index contributed by atoms with van der Waals surface area (Å²) in [6, 6.07) is 30.1. The molecule has 0 aliphatic carbocycles. The second-order valence-electron chi connectivity index (χ2n) is 6.13. The molecule has 0 spiro atoms. The zero-order valence-corrected chi connectivity index (χ0v) is 14.3. The SMILES string of the molecule is CC(=O)CC(C#Cc1ccccc1)(c1ccccc1)c1ccccc1. The van der Waals surface area contributed by atoms with E-state index in [0.717, 1.165) is 16.7 Å². The number of benzene rings is 3. The highest BCUT2D eigenvalue weighted by Gasteiger charge is 2.33. The van der Waals surface area contributed by atoms with E-state index in [0.29, 0.717) is 6.42 Å². The number of carbonyl (C=O) groups is 1. The van der Waals surface area contributed by atoms with Crippen LogP contribution in [0.25, 0.3) is 0 Å². The van der Waals surface area contributed by atoms with Gasteiger partial charge in [0.2, 0.25) is 0 Å². The molecule has 3 aromatic carbocycles. The first-order valence-corrected chi connectivity index (χ1v) is 8.39. The van der Waals surface area contributed by atoms with Crippen LogP contribution >= 0.6 is 0 Å². The van der Waals surface area contributed by atoms with Crippen molar-refractivity contribution in [2.75, 3.05) is 0 Å². The van der Waals surface area contributed by atoms with Gasteiger partial charge in [-0.15, -0.1) is 0 Å². The molecule has 0 aliphatic rings. The first-order chi connectivity index (χ1) is 12.2. The number of ketones is 1. The summed E-state index contributed by atoms with van der Waals surface area (Å²) in [4.78, 5) is 12.1. The van der Waals surface area contributed by atoms with E-state index in [9.17, 15) is 4.79 Å². The third-order valence-corrected chi connectivity index (χ3v) is 4.24. The fourth-order valence-corrected chi connectivity index (χ4v) is 3.08. The number of Topliss-reactive ketones (excluding diaryl/α,β-unsaturated/α-hetero) is 1. The summed E-state index contributed by atoms with van der Waals surface area (Å²) in [6.45, 7) is 1.63. The molecule has 122 valence electrons. The van der Waals surface area contributed by atoms with Crippen LogP contribution < -0.4 is 0 Å². The summed E-state index contributed by atoms with van der Waals surface area (Å²) >= 11 is 0. The molecule has 0 unspecified atom stereocenters. The van der Waals surface area contributed by atoms with Crippen molar-refractivity contribution in [2.45, 2.75) is 18.8 Å². The van der Waals surface area contributed by atoms with Crippen LogP contribution in [-0.2, 0) is 10.2 Å². The average Bonchev–Trinajstić information content (AvgIpc) is 2.67. The predicted molar refractivity (Wildman–Crippen MR) is 102 cm³/mol. The summed E-state index contributed by atoms with van der Waals surface area (Å²) < 4.78 is 0. The number of hydrogen-bond donors (Lipinski definition) is 0. The predicted octanol–water partition coefficient (Wildman–Crippen LogP) is 5.00. The molecule has 0 amide bonds. The Hall–Kier alpha value is -3.11. The first-order valence-electron chi connectivity index (χ1n) is 8.39. The van der Waals surface area contributed by atoms with Crippen LogP contribution in [0.15, 0.2) is 91.0 Å². The van der Waals surface area contributed by atoms with Gasteiger partial charge in [-0.25, -0.2) is 0 Å². The fourth-order valence-electron chi connectivity index (χ4n) is 3.08. The Morgan fingerprint density at radius 1 is 0.760 bits per heavy atom.